The summed E-state index contributed by atoms with van der Waals surface area (Å²) in [6, 6.07) is 16.1. The van der Waals surface area contributed by atoms with Crippen molar-refractivity contribution in [2.45, 2.75) is 83.5 Å². The Balaban J connectivity index is 1.50. The number of fused-ring (bicyclic) bond motifs is 8. The second-order valence-corrected chi connectivity index (χ2v) is 18.7. The van der Waals surface area contributed by atoms with E-state index in [1.807, 2.05) is 0 Å². The van der Waals surface area contributed by atoms with Crippen molar-refractivity contribution in [1.29, 1.82) is 0 Å². The minimum Gasteiger partial charge on any atom is -0.441 e. The fourth-order valence-electron chi connectivity index (χ4n) is 9.43. The average Bonchev–Trinajstić information content (AvgIpc) is 3.64. The molecule has 3 aromatic rings. The molecule has 1 atom stereocenters. The number of halogens is 2. The Hall–Kier alpha value is -4.84. The number of esters is 1. The SMILES string of the molecule is CCN(CC)c1ccc2c(c1)[Si]1(CCCCC1)c1cc(N(CC)CC)ccc1C21OC(=O)c2cc(CC(C(F)F)N3C(=O)C=CC3=O)c(C(N)=O)cc21. The van der Waals surface area contributed by atoms with Crippen molar-refractivity contribution in [3.8, 4) is 0 Å². The van der Waals surface area contributed by atoms with Crippen molar-refractivity contribution >= 4 is 53.5 Å². The molecule has 3 aromatic carbocycles. The van der Waals surface area contributed by atoms with Gasteiger partial charge < -0.3 is 20.3 Å². The van der Waals surface area contributed by atoms with Crippen LogP contribution in [0.5, 0.6) is 0 Å². The molecule has 0 radical (unpaired) electrons. The van der Waals surface area contributed by atoms with Crippen LogP contribution in [0, 0.1) is 0 Å². The summed E-state index contributed by atoms with van der Waals surface area (Å²) in [5.74, 6) is -3.28. The van der Waals surface area contributed by atoms with Gasteiger partial charge in [0.1, 0.15) is 14.1 Å². The first-order valence-corrected chi connectivity index (χ1v) is 21.2. The van der Waals surface area contributed by atoms with Crippen molar-refractivity contribution in [2.24, 2.45) is 5.73 Å². The van der Waals surface area contributed by atoms with E-state index in [2.05, 4.69) is 73.9 Å². The first-order valence-electron chi connectivity index (χ1n) is 18.8. The molecule has 4 aliphatic heterocycles. The van der Waals surface area contributed by atoms with Crippen LogP contribution >= 0.6 is 0 Å². The van der Waals surface area contributed by atoms with Crippen LogP contribution in [-0.4, -0.2) is 75.3 Å². The third-order valence-corrected chi connectivity index (χ3v) is 17.3. The van der Waals surface area contributed by atoms with Gasteiger partial charge in [-0.25, -0.2) is 13.6 Å². The maximum Gasteiger partial charge on any atom is 0.340 e. The van der Waals surface area contributed by atoms with Gasteiger partial charge in [-0.05, 0) is 98.5 Å². The number of rotatable bonds is 11. The number of benzene rings is 3. The van der Waals surface area contributed by atoms with Gasteiger partial charge in [-0.2, -0.15) is 0 Å². The fourth-order valence-corrected chi connectivity index (χ4v) is 15.2. The number of alkyl halides is 2. The minimum absolute atomic E-state index is 0.0335. The zero-order chi connectivity index (χ0) is 37.8. The molecule has 12 heteroatoms. The number of primary amides is 1. The molecule has 9 nitrogen and oxygen atoms in total. The second-order valence-electron chi connectivity index (χ2n) is 14.4. The summed E-state index contributed by atoms with van der Waals surface area (Å²) in [7, 11) is -2.46. The third-order valence-electron chi connectivity index (χ3n) is 12.0. The van der Waals surface area contributed by atoms with Gasteiger partial charge in [0.05, 0.1) is 5.56 Å². The largest absolute Gasteiger partial charge is 0.441 e. The van der Waals surface area contributed by atoms with Gasteiger partial charge in [-0.1, -0.05) is 31.4 Å². The molecule has 1 saturated heterocycles. The number of imide groups is 1. The minimum atomic E-state index is -3.12. The van der Waals surface area contributed by atoms with Gasteiger partial charge in [-0.15, -0.1) is 0 Å². The van der Waals surface area contributed by atoms with E-state index in [0.29, 0.717) is 10.5 Å². The Labute approximate surface area is 309 Å². The number of amides is 3. The predicted molar refractivity (Wildman–Crippen MR) is 203 cm³/mol. The van der Waals surface area contributed by atoms with Crippen LogP contribution in [0.15, 0.2) is 60.7 Å². The molecule has 278 valence electrons. The summed E-state index contributed by atoms with van der Waals surface area (Å²) in [4.78, 5) is 57.5. The normalized spacial score (nSPS) is 18.3. The molecule has 2 N–H and O–H groups in total. The van der Waals surface area contributed by atoms with E-state index in [1.165, 1.54) is 22.5 Å². The summed E-state index contributed by atoms with van der Waals surface area (Å²) < 4.78 is 35.8. The molecule has 3 amide bonds. The monoisotopic (exact) mass is 740 g/mol. The molecule has 1 fully saturated rings. The van der Waals surface area contributed by atoms with E-state index >= 15 is 0 Å². The molecule has 0 aliphatic carbocycles. The van der Waals surface area contributed by atoms with Crippen molar-refractivity contribution in [3.05, 3.63) is 94.1 Å². The highest BCUT2D eigenvalue weighted by molar-refractivity contribution is 7.03. The van der Waals surface area contributed by atoms with Gasteiger partial charge in [0.25, 0.3) is 18.2 Å². The Morgan fingerprint density at radius 2 is 1.34 bits per heavy atom. The maximum absolute atomic E-state index is 14.6. The molecule has 7 rings (SSSR count). The Morgan fingerprint density at radius 3 is 1.81 bits per heavy atom. The number of anilines is 2. The van der Waals surface area contributed by atoms with Crippen LogP contribution in [0.1, 0.15) is 89.9 Å². The molecular weight excluding hydrogens is 695 g/mol. The Kier molecular flexibility index (Phi) is 9.54. The van der Waals surface area contributed by atoms with Crippen LogP contribution in [-0.2, 0) is 26.3 Å². The van der Waals surface area contributed by atoms with Crippen LogP contribution in [0.25, 0.3) is 0 Å². The molecule has 4 aliphatic rings. The smallest absolute Gasteiger partial charge is 0.340 e. The van der Waals surface area contributed by atoms with Crippen molar-refractivity contribution in [3.63, 3.8) is 0 Å². The van der Waals surface area contributed by atoms with Gasteiger partial charge >= 0.3 is 5.97 Å². The van der Waals surface area contributed by atoms with Crippen LogP contribution in [0.3, 0.4) is 0 Å². The molecule has 0 aromatic heterocycles. The number of carbonyl (C=O) groups is 4. The summed E-state index contributed by atoms with van der Waals surface area (Å²) in [5.41, 5.74) is 9.00. The molecule has 0 saturated carbocycles. The lowest BCUT2D eigenvalue weighted by molar-refractivity contribution is -0.143. The molecule has 2 spiro atoms. The third kappa shape index (κ3) is 5.59. The average molecular weight is 741 g/mol. The molecule has 0 bridgehead atoms. The van der Waals surface area contributed by atoms with Gasteiger partial charge in [0.2, 0.25) is 5.91 Å². The molecule has 53 heavy (non-hydrogen) atoms. The zero-order valence-corrected chi connectivity index (χ0v) is 31.7. The van der Waals surface area contributed by atoms with Crippen LogP contribution in [0.4, 0.5) is 20.2 Å². The van der Waals surface area contributed by atoms with E-state index < -0.39 is 56.3 Å². The van der Waals surface area contributed by atoms with E-state index in [-0.39, 0.29) is 16.7 Å². The van der Waals surface area contributed by atoms with E-state index in [0.717, 1.165) is 92.2 Å². The number of hydrogen-bond donors (Lipinski definition) is 1. The molecule has 4 heterocycles. The van der Waals surface area contributed by atoms with Crippen molar-refractivity contribution in [2.75, 3.05) is 36.0 Å². The summed E-state index contributed by atoms with van der Waals surface area (Å²) >= 11 is 0. The first kappa shape index (κ1) is 36.5. The van der Waals surface area contributed by atoms with Gasteiger partial charge in [0, 0.05) is 72.0 Å². The standard InChI is InChI=1S/C41H46F2N4O5Si/c1-5-45(6-2)26-12-14-30-34(22-26)53(18-10-9-11-19-53)35-23-27(46(7-3)8-4)13-15-31(35)41(30)32-24-28(39(44)50)25(20-29(32)40(51)52-41)21-33(38(42)43)47-36(48)16-17-37(47)49/h12-17,20,22-24,33,38H,5-11,18-19,21H2,1-4H3,(H2,44,50). The highest BCUT2D eigenvalue weighted by Crippen LogP contribution is 2.52. The van der Waals surface area contributed by atoms with E-state index in [1.54, 1.807) is 0 Å². The van der Waals surface area contributed by atoms with Gasteiger partial charge in [-0.3, -0.25) is 19.3 Å². The lowest BCUT2D eigenvalue weighted by Gasteiger charge is -2.48. The van der Waals surface area contributed by atoms with Crippen LogP contribution < -0.4 is 25.9 Å². The second kappa shape index (κ2) is 13.9. The number of ether oxygens (including phenoxy) is 1. The number of nitrogens with zero attached hydrogens (tertiary/aromatic N) is 3. The summed E-state index contributed by atoms with van der Waals surface area (Å²) in [5, 5.41) is 2.43. The number of carbonyl (C=O) groups excluding carboxylic acids is 4. The van der Waals surface area contributed by atoms with Crippen LogP contribution in [0.2, 0.25) is 12.1 Å². The quantitative estimate of drug-likeness (QED) is 0.165. The van der Waals surface area contributed by atoms with Gasteiger partial charge in [0.15, 0.2) is 5.60 Å². The number of hydrogen-bond acceptors (Lipinski definition) is 7. The summed E-state index contributed by atoms with van der Waals surface area (Å²) in [6.07, 6.45) is 1.52. The highest BCUT2D eigenvalue weighted by atomic mass is 28.3. The molecule has 1 unspecified atom stereocenters. The number of nitrogens with two attached hydrogens (primary N) is 1. The highest BCUT2D eigenvalue weighted by Gasteiger charge is 2.59. The lowest BCUT2D eigenvalue weighted by atomic mass is 9.77. The first-order chi connectivity index (χ1) is 25.4. The van der Waals surface area contributed by atoms with E-state index in [4.69, 9.17) is 10.5 Å². The van der Waals surface area contributed by atoms with E-state index in [9.17, 15) is 28.0 Å². The van der Waals surface area contributed by atoms with Crippen molar-refractivity contribution < 1.29 is 32.7 Å². The Bertz CT molecular complexity index is 1950. The maximum atomic E-state index is 14.6. The zero-order valence-electron chi connectivity index (χ0n) is 30.7. The lowest BCUT2D eigenvalue weighted by Crippen LogP contribution is -2.67. The fraction of sp³-hybridized carbons (Fsp3) is 0.415. The Morgan fingerprint density at radius 1 is 0.811 bits per heavy atom. The van der Waals surface area contributed by atoms with Crippen molar-refractivity contribution in [1.82, 2.24) is 4.90 Å². The molecular formula is C41H46F2N4O5Si. The predicted octanol–water partition coefficient (Wildman–Crippen LogP) is 5.10. The topological polar surface area (TPSA) is 113 Å². The summed E-state index contributed by atoms with van der Waals surface area (Å²) in [6.45, 7) is 11.8.